The van der Waals surface area contributed by atoms with Gasteiger partial charge in [-0.1, -0.05) is 5.16 Å². The number of carbonyl (C=O) groups excluding carboxylic acids is 1. The first kappa shape index (κ1) is 25.5. The quantitative estimate of drug-likeness (QED) is 0.362. The van der Waals surface area contributed by atoms with Crippen molar-refractivity contribution in [1.82, 2.24) is 5.16 Å². The maximum Gasteiger partial charge on any atom is 0.361 e. The highest BCUT2D eigenvalue weighted by Crippen LogP contribution is 2.46. The van der Waals surface area contributed by atoms with E-state index in [1.807, 2.05) is 6.07 Å². The predicted molar refractivity (Wildman–Crippen MR) is 129 cm³/mol. The Hall–Kier alpha value is -3.13. The number of nitrogens with zero attached hydrogens (tertiary/aromatic N) is 1. The van der Waals surface area contributed by atoms with Gasteiger partial charge in [-0.2, -0.15) is 0 Å². The Morgan fingerprint density at radius 1 is 1.00 bits per heavy atom. The Bertz CT molecular complexity index is 1130. The number of carbonyl (C=O) groups is 1. The molecule has 182 valence electrons. The lowest BCUT2D eigenvalue weighted by Crippen LogP contribution is -2.14. The first-order chi connectivity index (χ1) is 16.4. The van der Waals surface area contributed by atoms with E-state index in [4.69, 9.17) is 23.0 Å². The lowest BCUT2D eigenvalue weighted by Gasteiger charge is -2.17. The summed E-state index contributed by atoms with van der Waals surface area (Å²) in [6.07, 6.45) is 2.26. The summed E-state index contributed by atoms with van der Waals surface area (Å²) in [6.45, 7) is 4.05. The molecule has 0 unspecified atom stereocenters. The molecule has 2 aromatic carbocycles. The third-order valence-electron chi connectivity index (χ3n) is 4.98. The van der Waals surface area contributed by atoms with Crippen LogP contribution in [0.3, 0.4) is 0 Å². The van der Waals surface area contributed by atoms with Gasteiger partial charge in [0.2, 0.25) is 5.91 Å². The summed E-state index contributed by atoms with van der Waals surface area (Å²) in [5, 5.41) is 7.18. The van der Waals surface area contributed by atoms with Gasteiger partial charge in [-0.25, -0.2) is 0 Å². The molecule has 0 saturated carbocycles. The number of hydrogen-bond donors (Lipinski definition) is 1. The molecular formula is C24H29N2O7P. The van der Waals surface area contributed by atoms with Crippen LogP contribution in [-0.4, -0.2) is 38.5 Å². The predicted octanol–water partition coefficient (Wildman–Crippen LogP) is 4.82. The monoisotopic (exact) mass is 488 g/mol. The van der Waals surface area contributed by atoms with Crippen LogP contribution in [0.15, 0.2) is 53.2 Å². The van der Waals surface area contributed by atoms with E-state index >= 15 is 0 Å². The van der Waals surface area contributed by atoms with Crippen molar-refractivity contribution in [2.24, 2.45) is 0 Å². The third kappa shape index (κ3) is 6.05. The van der Waals surface area contributed by atoms with Crippen molar-refractivity contribution < 1.29 is 32.4 Å². The number of anilines is 1. The number of rotatable bonds is 12. The Kier molecular flexibility index (Phi) is 8.87. The standard InChI is InChI=1S/C24H29N2O7P/c1-5-31-34(28,32-6-2)20-11-9-19(10-12-20)26-23(27)14-8-18-16-25-33-24(18)17-7-13-21(29-3)22(15-17)30-4/h7,9-13,15-16H,5-6,8,14H2,1-4H3,(H,26,27). The zero-order chi connectivity index (χ0) is 24.6. The number of methoxy groups -OCH3 is 2. The molecule has 34 heavy (non-hydrogen) atoms. The van der Waals surface area contributed by atoms with Gasteiger partial charge in [0.1, 0.15) is 0 Å². The van der Waals surface area contributed by atoms with Gasteiger partial charge in [-0.15, -0.1) is 0 Å². The summed E-state index contributed by atoms with van der Waals surface area (Å²) >= 11 is 0. The molecule has 0 radical (unpaired) electrons. The van der Waals surface area contributed by atoms with Crippen LogP contribution in [0, 0.1) is 0 Å². The van der Waals surface area contributed by atoms with Gasteiger partial charge >= 0.3 is 7.60 Å². The number of aryl methyl sites for hydroxylation is 1. The molecule has 0 fully saturated rings. The van der Waals surface area contributed by atoms with Crippen LogP contribution in [0.2, 0.25) is 0 Å². The van der Waals surface area contributed by atoms with Gasteiger partial charge in [-0.3, -0.25) is 9.36 Å². The molecule has 1 amide bonds. The van der Waals surface area contributed by atoms with E-state index in [0.29, 0.717) is 34.7 Å². The Morgan fingerprint density at radius 3 is 2.29 bits per heavy atom. The summed E-state index contributed by atoms with van der Waals surface area (Å²) in [6, 6.07) is 12.0. The number of nitrogens with one attached hydrogen (secondary N) is 1. The normalized spacial score (nSPS) is 11.3. The summed E-state index contributed by atoms with van der Waals surface area (Å²) in [5.74, 6) is 1.57. The highest BCUT2D eigenvalue weighted by atomic mass is 31.2. The van der Waals surface area contributed by atoms with Crippen LogP contribution in [0.1, 0.15) is 25.8 Å². The highest BCUT2D eigenvalue weighted by Gasteiger charge is 2.26. The molecule has 0 saturated heterocycles. The number of hydrogen-bond acceptors (Lipinski definition) is 8. The minimum Gasteiger partial charge on any atom is -0.493 e. The topological polar surface area (TPSA) is 109 Å². The van der Waals surface area contributed by atoms with E-state index < -0.39 is 7.60 Å². The Balaban J connectivity index is 1.64. The van der Waals surface area contributed by atoms with E-state index in [0.717, 1.165) is 11.1 Å². The van der Waals surface area contributed by atoms with E-state index in [9.17, 15) is 9.36 Å². The smallest absolute Gasteiger partial charge is 0.361 e. The Morgan fingerprint density at radius 2 is 1.68 bits per heavy atom. The fourth-order valence-electron chi connectivity index (χ4n) is 3.38. The van der Waals surface area contributed by atoms with E-state index in [1.54, 1.807) is 70.7 Å². The molecule has 3 aromatic rings. The zero-order valence-corrected chi connectivity index (χ0v) is 20.6. The number of ether oxygens (including phenoxy) is 2. The summed E-state index contributed by atoms with van der Waals surface area (Å²) < 4.78 is 39.6. The van der Waals surface area contributed by atoms with Crippen LogP contribution in [0.5, 0.6) is 11.5 Å². The van der Waals surface area contributed by atoms with E-state index in [1.165, 1.54) is 0 Å². The number of benzene rings is 2. The minimum absolute atomic E-state index is 0.176. The molecule has 3 rings (SSSR count). The minimum atomic E-state index is -3.36. The van der Waals surface area contributed by atoms with Crippen molar-refractivity contribution >= 4 is 24.5 Å². The van der Waals surface area contributed by atoms with E-state index in [2.05, 4.69) is 10.5 Å². The van der Waals surface area contributed by atoms with Crippen LogP contribution in [0.25, 0.3) is 11.3 Å². The van der Waals surface area contributed by atoms with Gasteiger partial charge in [-0.05, 0) is 62.7 Å². The van der Waals surface area contributed by atoms with Crippen molar-refractivity contribution in [3.63, 3.8) is 0 Å². The van der Waals surface area contributed by atoms with Crippen LogP contribution in [-0.2, 0) is 24.8 Å². The fraction of sp³-hybridized carbons (Fsp3) is 0.333. The summed E-state index contributed by atoms with van der Waals surface area (Å²) in [5.41, 5.74) is 2.15. The maximum atomic E-state index is 12.8. The zero-order valence-electron chi connectivity index (χ0n) is 19.7. The first-order valence-electron chi connectivity index (χ1n) is 10.9. The lowest BCUT2D eigenvalue weighted by atomic mass is 10.0. The molecule has 9 nitrogen and oxygen atoms in total. The van der Waals surface area contributed by atoms with Gasteiger partial charge in [0, 0.05) is 23.2 Å². The number of amides is 1. The highest BCUT2D eigenvalue weighted by molar-refractivity contribution is 7.62. The average molecular weight is 488 g/mol. The van der Waals surface area contributed by atoms with Crippen molar-refractivity contribution in [2.45, 2.75) is 26.7 Å². The molecule has 0 bridgehead atoms. The fourth-order valence-corrected chi connectivity index (χ4v) is 4.95. The molecule has 0 aliphatic heterocycles. The Labute approximate surface area is 198 Å². The second-order valence-corrected chi connectivity index (χ2v) is 9.21. The molecule has 0 aliphatic rings. The van der Waals surface area contributed by atoms with Crippen molar-refractivity contribution in [1.29, 1.82) is 0 Å². The van der Waals surface area contributed by atoms with Gasteiger partial charge in [0.25, 0.3) is 0 Å². The third-order valence-corrected chi connectivity index (χ3v) is 7.10. The second-order valence-electron chi connectivity index (χ2n) is 7.18. The summed E-state index contributed by atoms with van der Waals surface area (Å²) in [4.78, 5) is 12.5. The van der Waals surface area contributed by atoms with Crippen LogP contribution in [0.4, 0.5) is 5.69 Å². The van der Waals surface area contributed by atoms with Crippen molar-refractivity contribution in [2.75, 3.05) is 32.8 Å². The second kappa shape index (κ2) is 11.8. The van der Waals surface area contributed by atoms with Gasteiger partial charge < -0.3 is 28.4 Å². The van der Waals surface area contributed by atoms with Gasteiger partial charge in [0.05, 0.1) is 38.9 Å². The van der Waals surface area contributed by atoms with Crippen molar-refractivity contribution in [3.05, 3.63) is 54.2 Å². The van der Waals surface area contributed by atoms with E-state index in [-0.39, 0.29) is 25.5 Å². The lowest BCUT2D eigenvalue weighted by molar-refractivity contribution is -0.116. The number of aromatic nitrogens is 1. The molecular weight excluding hydrogens is 459 g/mol. The van der Waals surface area contributed by atoms with Crippen molar-refractivity contribution in [3.8, 4) is 22.8 Å². The molecule has 10 heteroatoms. The van der Waals surface area contributed by atoms with Crippen LogP contribution >= 0.6 is 7.60 Å². The molecule has 1 heterocycles. The molecule has 0 spiro atoms. The van der Waals surface area contributed by atoms with Gasteiger partial charge in [0.15, 0.2) is 17.3 Å². The molecule has 1 aromatic heterocycles. The molecule has 0 atom stereocenters. The SMILES string of the molecule is CCOP(=O)(OCC)c1ccc(NC(=O)CCc2cnoc2-c2ccc(OC)c(OC)c2)cc1. The molecule has 1 N–H and O–H groups in total. The average Bonchev–Trinajstić information content (AvgIpc) is 3.31. The van der Waals surface area contributed by atoms with Crippen LogP contribution < -0.4 is 20.1 Å². The summed E-state index contributed by atoms with van der Waals surface area (Å²) in [7, 11) is -0.233. The first-order valence-corrected chi connectivity index (χ1v) is 12.4. The largest absolute Gasteiger partial charge is 0.493 e. The maximum absolute atomic E-state index is 12.8. The molecule has 0 aliphatic carbocycles.